The summed E-state index contributed by atoms with van der Waals surface area (Å²) in [5.74, 6) is 1.82. The van der Waals surface area contributed by atoms with E-state index in [1.54, 1.807) is 11.3 Å². The summed E-state index contributed by atoms with van der Waals surface area (Å²) in [6.45, 7) is 1.83. The summed E-state index contributed by atoms with van der Waals surface area (Å²) in [4.78, 5) is 13.3. The highest BCUT2D eigenvalue weighted by Gasteiger charge is 2.34. The Kier molecular flexibility index (Phi) is 4.71. The van der Waals surface area contributed by atoms with E-state index in [-0.39, 0.29) is 11.8 Å². The van der Waals surface area contributed by atoms with Crippen molar-refractivity contribution in [2.24, 2.45) is 0 Å². The van der Waals surface area contributed by atoms with Crippen LogP contribution in [0.25, 0.3) is 0 Å². The summed E-state index contributed by atoms with van der Waals surface area (Å²) in [6.07, 6.45) is 0. The van der Waals surface area contributed by atoms with Gasteiger partial charge in [-0.2, -0.15) is 11.3 Å². The number of para-hydroxylation sites is 1. The molecular weight excluding hydrogens is 338 g/mol. The maximum atomic E-state index is 12.9. The second-order valence-corrected chi connectivity index (χ2v) is 6.53. The molecule has 2 aromatic rings. The molecule has 0 aliphatic carbocycles. The summed E-state index contributed by atoms with van der Waals surface area (Å²) < 4.78 is 0. The number of thiophene rings is 1. The number of rotatable bonds is 3. The predicted octanol–water partition coefficient (Wildman–Crippen LogP) is 3.85. The lowest BCUT2D eigenvalue weighted by molar-refractivity contribution is -0.113. The van der Waals surface area contributed by atoms with Crippen molar-refractivity contribution < 1.29 is 4.79 Å². The van der Waals surface area contributed by atoms with Crippen molar-refractivity contribution >= 4 is 46.0 Å². The lowest BCUT2D eigenvalue weighted by Crippen LogP contribution is -2.36. The van der Waals surface area contributed by atoms with Crippen LogP contribution < -0.4 is 10.6 Å². The number of nitrogens with one attached hydrogen (secondary N) is 3. The van der Waals surface area contributed by atoms with Crippen LogP contribution in [0.1, 0.15) is 18.4 Å². The molecule has 0 radical (unpaired) electrons. The van der Waals surface area contributed by atoms with Crippen molar-refractivity contribution in [3.63, 3.8) is 0 Å². The van der Waals surface area contributed by atoms with E-state index in [2.05, 4.69) is 16.5 Å². The Bertz CT molecular complexity index is 863. The number of hydrogen-bond donors (Lipinski definition) is 3. The molecule has 1 atom stereocenters. The summed E-state index contributed by atoms with van der Waals surface area (Å²) in [5, 5.41) is 17.5. The van der Waals surface area contributed by atoms with Crippen molar-refractivity contribution in [2.75, 3.05) is 5.32 Å². The molecule has 2 heterocycles. The first-order valence-electron chi connectivity index (χ1n) is 7.32. The van der Waals surface area contributed by atoms with E-state index in [4.69, 9.17) is 17.6 Å². The Labute approximate surface area is 149 Å². The van der Waals surface area contributed by atoms with Crippen molar-refractivity contribution in [3.05, 3.63) is 69.6 Å². The van der Waals surface area contributed by atoms with Crippen LogP contribution in [-0.4, -0.2) is 16.8 Å². The second kappa shape index (κ2) is 6.93. The zero-order valence-electron chi connectivity index (χ0n) is 12.9. The first-order valence-corrected chi connectivity index (χ1v) is 8.67. The van der Waals surface area contributed by atoms with Crippen LogP contribution in [0, 0.1) is 5.41 Å². The molecule has 0 saturated carbocycles. The average Bonchev–Trinajstić information content (AvgIpc) is 3.09. The largest absolute Gasteiger partial charge is 0.349 e. The summed E-state index contributed by atoms with van der Waals surface area (Å²) in [7, 11) is 0. The van der Waals surface area contributed by atoms with Crippen LogP contribution in [0.4, 0.5) is 5.69 Å². The molecule has 0 bridgehead atoms. The van der Waals surface area contributed by atoms with Crippen LogP contribution >= 0.6 is 23.6 Å². The lowest BCUT2D eigenvalue weighted by atomic mass is 9.82. The van der Waals surface area contributed by atoms with Gasteiger partial charge in [0.25, 0.3) is 5.91 Å². The minimum atomic E-state index is -0.383. The molecule has 0 saturated heterocycles. The number of hydrogen-bond acceptors (Lipinski definition) is 4. The Morgan fingerprint density at radius 1 is 1.33 bits per heavy atom. The van der Waals surface area contributed by atoms with Crippen LogP contribution in [0.15, 0.2) is 64.0 Å². The molecule has 1 aromatic heterocycles. The second-order valence-electron chi connectivity index (χ2n) is 5.34. The van der Waals surface area contributed by atoms with E-state index < -0.39 is 0 Å². The third-order valence-corrected chi connectivity index (χ3v) is 4.84. The van der Waals surface area contributed by atoms with E-state index in [1.165, 1.54) is 0 Å². The Hall–Kier alpha value is -2.53. The number of thiocarbonyl (C=S) groups is 1. The van der Waals surface area contributed by atoms with E-state index in [0.717, 1.165) is 11.3 Å². The molecule has 3 N–H and O–H groups in total. The summed E-state index contributed by atoms with van der Waals surface area (Å²) >= 11 is 6.88. The number of allylic oxidation sites excluding steroid dienone is 1. The highest BCUT2D eigenvalue weighted by molar-refractivity contribution is 7.80. The van der Waals surface area contributed by atoms with Gasteiger partial charge >= 0.3 is 0 Å². The molecule has 120 valence electrons. The van der Waals surface area contributed by atoms with E-state index >= 15 is 0 Å². The molecule has 4 nitrogen and oxygen atoms in total. The Balaban J connectivity index is 2.04. The van der Waals surface area contributed by atoms with Gasteiger partial charge in [-0.05, 0) is 47.3 Å². The first-order chi connectivity index (χ1) is 11.6. The zero-order valence-corrected chi connectivity index (χ0v) is 14.6. The Morgan fingerprint density at radius 2 is 2.08 bits per heavy atom. The highest BCUT2D eigenvalue weighted by atomic mass is 32.1. The number of benzene rings is 1. The molecular formula is C18H15N3OS2. The van der Waals surface area contributed by atoms with Crippen LogP contribution in [0.2, 0.25) is 0 Å². The van der Waals surface area contributed by atoms with Crippen molar-refractivity contribution in [3.8, 4) is 0 Å². The topological polar surface area (TPSA) is 65.0 Å². The van der Waals surface area contributed by atoms with Crippen molar-refractivity contribution in [1.29, 1.82) is 5.41 Å². The number of carbonyl (C=O) groups excluding carboxylic acids is 1. The fourth-order valence-electron chi connectivity index (χ4n) is 2.72. The Morgan fingerprint density at radius 3 is 2.71 bits per heavy atom. The van der Waals surface area contributed by atoms with Gasteiger partial charge in [0, 0.05) is 17.0 Å². The molecule has 0 spiro atoms. The van der Waals surface area contributed by atoms with Gasteiger partial charge in [-0.1, -0.05) is 30.4 Å². The van der Waals surface area contributed by atoms with Gasteiger partial charge in [0.2, 0.25) is 0 Å². The monoisotopic (exact) mass is 353 g/mol. The fraction of sp³-hybridized carbons (Fsp3) is 0.111. The van der Waals surface area contributed by atoms with Gasteiger partial charge in [-0.3, -0.25) is 10.2 Å². The molecule has 1 amide bonds. The highest BCUT2D eigenvalue weighted by Crippen LogP contribution is 2.37. The van der Waals surface area contributed by atoms with Gasteiger partial charge in [0.1, 0.15) is 4.99 Å². The van der Waals surface area contributed by atoms with Crippen molar-refractivity contribution in [2.45, 2.75) is 12.8 Å². The van der Waals surface area contributed by atoms with Crippen LogP contribution in [0.3, 0.4) is 0 Å². The zero-order chi connectivity index (χ0) is 17.1. The molecule has 0 fully saturated rings. The number of anilines is 1. The first kappa shape index (κ1) is 16.3. The summed E-state index contributed by atoms with van der Waals surface area (Å²) in [6, 6.07) is 11.2. The fourth-order valence-corrected chi connectivity index (χ4v) is 3.73. The number of amides is 1. The molecule has 1 aliphatic heterocycles. The van der Waals surface area contributed by atoms with E-state index in [9.17, 15) is 4.79 Å². The van der Waals surface area contributed by atoms with Crippen molar-refractivity contribution in [1.82, 2.24) is 5.32 Å². The van der Waals surface area contributed by atoms with E-state index in [0.29, 0.717) is 21.8 Å². The molecule has 24 heavy (non-hydrogen) atoms. The van der Waals surface area contributed by atoms with Gasteiger partial charge in [0.15, 0.2) is 0 Å². The quantitative estimate of drug-likeness (QED) is 0.446. The van der Waals surface area contributed by atoms with Gasteiger partial charge in [-0.15, -0.1) is 0 Å². The van der Waals surface area contributed by atoms with E-state index in [1.807, 2.05) is 54.1 Å². The van der Waals surface area contributed by atoms with Gasteiger partial charge in [-0.25, -0.2) is 0 Å². The maximum absolute atomic E-state index is 12.9. The normalized spacial score (nSPS) is 17.3. The SMILES string of the molecule is CC1=C(C(=O)Nc2ccccc2)C(c2ccsc2)C(=C=N)C(=S)N1. The number of carbonyl (C=O) groups is 1. The third kappa shape index (κ3) is 3.08. The maximum Gasteiger partial charge on any atom is 0.254 e. The standard InChI is InChI=1S/C18H15N3OS2/c1-11-15(17(22)21-13-5-3-2-4-6-13)16(12-7-8-24-10-12)14(9-19)18(23)20-11/h2-8,10,16,19H,1H3,(H,20,23)(H,21,22). The minimum absolute atomic E-state index is 0.211. The molecule has 6 heteroatoms. The smallest absolute Gasteiger partial charge is 0.254 e. The van der Waals surface area contributed by atoms with Gasteiger partial charge in [0.05, 0.1) is 11.5 Å². The molecule has 3 rings (SSSR count). The molecule has 1 aliphatic rings. The van der Waals surface area contributed by atoms with Gasteiger partial charge < -0.3 is 10.6 Å². The van der Waals surface area contributed by atoms with Crippen LogP contribution in [-0.2, 0) is 4.79 Å². The minimum Gasteiger partial charge on any atom is -0.349 e. The average molecular weight is 353 g/mol. The summed E-state index contributed by atoms with van der Waals surface area (Å²) in [5.41, 5.74) is 3.42. The lowest BCUT2D eigenvalue weighted by Gasteiger charge is -2.29. The third-order valence-electron chi connectivity index (χ3n) is 3.81. The molecule has 1 aromatic carbocycles. The predicted molar refractivity (Wildman–Crippen MR) is 102 cm³/mol. The van der Waals surface area contributed by atoms with Crippen LogP contribution in [0.5, 0.6) is 0 Å². The molecule has 1 unspecified atom stereocenters.